The van der Waals surface area contributed by atoms with Crippen molar-refractivity contribution < 1.29 is 0 Å². The molecule has 0 atom stereocenters. The largest absolute Gasteiger partial charge is 0.309 e. The Morgan fingerprint density at radius 3 is 1.35 bits per heavy atom. The lowest BCUT2D eigenvalue weighted by Gasteiger charge is -2.15. The van der Waals surface area contributed by atoms with Gasteiger partial charge < -0.3 is 4.57 Å². The first-order valence-corrected chi connectivity index (χ1v) is 21.2. The van der Waals surface area contributed by atoms with E-state index >= 15 is 0 Å². The highest BCUT2D eigenvalue weighted by Gasteiger charge is 2.18. The van der Waals surface area contributed by atoms with Crippen LogP contribution in [0.3, 0.4) is 0 Å². The van der Waals surface area contributed by atoms with Gasteiger partial charge >= 0.3 is 0 Å². The molecule has 5 nitrogen and oxygen atoms in total. The van der Waals surface area contributed by atoms with Crippen molar-refractivity contribution in [3.8, 4) is 73.4 Å². The first-order chi connectivity index (χ1) is 31.2. The number of nitrogens with zero attached hydrogens (tertiary/aromatic N) is 5. The molecule has 0 radical (unpaired) electrons. The van der Waals surface area contributed by atoms with E-state index in [2.05, 4.69) is 193 Å². The molecular weight excluding hydrogens is 767 g/mol. The molecule has 0 saturated heterocycles. The van der Waals surface area contributed by atoms with E-state index in [4.69, 9.17) is 19.9 Å². The van der Waals surface area contributed by atoms with Crippen molar-refractivity contribution in [1.29, 1.82) is 0 Å². The monoisotopic (exact) mass is 803 g/mol. The Morgan fingerprint density at radius 1 is 0.286 bits per heavy atom. The van der Waals surface area contributed by atoms with Crippen LogP contribution >= 0.6 is 0 Å². The van der Waals surface area contributed by atoms with Crippen molar-refractivity contribution in [2.45, 2.75) is 0 Å². The molecule has 0 aliphatic rings. The second-order valence-corrected chi connectivity index (χ2v) is 15.8. The van der Waals surface area contributed by atoms with Gasteiger partial charge in [0.15, 0.2) is 17.5 Å². The Kier molecular flexibility index (Phi) is 8.75. The number of hydrogen-bond donors (Lipinski definition) is 0. The van der Waals surface area contributed by atoms with Gasteiger partial charge in [-0.05, 0) is 70.8 Å². The van der Waals surface area contributed by atoms with Gasteiger partial charge in [-0.1, -0.05) is 176 Å². The van der Waals surface area contributed by atoms with Crippen molar-refractivity contribution >= 4 is 43.5 Å². The van der Waals surface area contributed by atoms with Crippen molar-refractivity contribution in [2.24, 2.45) is 0 Å². The van der Waals surface area contributed by atoms with E-state index in [1.807, 2.05) is 36.4 Å². The molecule has 0 aliphatic carbocycles. The molecule has 0 unspecified atom stereocenters. The smallest absolute Gasteiger partial charge is 0.164 e. The molecule has 9 aromatic carbocycles. The fourth-order valence-corrected chi connectivity index (χ4v) is 9.03. The van der Waals surface area contributed by atoms with Crippen LogP contribution in [0.2, 0.25) is 0 Å². The molecule has 12 rings (SSSR count). The molecule has 0 saturated carbocycles. The molecule has 0 bridgehead atoms. The van der Waals surface area contributed by atoms with Crippen LogP contribution in [-0.2, 0) is 0 Å². The normalized spacial score (nSPS) is 11.5. The zero-order valence-corrected chi connectivity index (χ0v) is 34.1. The number of aromatic nitrogens is 5. The van der Waals surface area contributed by atoms with Gasteiger partial charge in [0.05, 0.1) is 22.2 Å². The molecule has 0 amide bonds. The highest BCUT2D eigenvalue weighted by molar-refractivity contribution is 6.17. The van der Waals surface area contributed by atoms with Gasteiger partial charge in [-0.3, -0.25) is 0 Å². The van der Waals surface area contributed by atoms with Crippen LogP contribution in [-0.4, -0.2) is 24.5 Å². The summed E-state index contributed by atoms with van der Waals surface area (Å²) in [7, 11) is 0. The Bertz CT molecular complexity index is 3580. The zero-order chi connectivity index (χ0) is 41.7. The number of para-hydroxylation sites is 2. The van der Waals surface area contributed by atoms with Crippen molar-refractivity contribution in [2.75, 3.05) is 0 Å². The Balaban J connectivity index is 0.942. The Labute approximate surface area is 364 Å². The number of fused-ring (bicyclic) bond motifs is 6. The molecule has 3 heterocycles. The van der Waals surface area contributed by atoms with Gasteiger partial charge in [0, 0.05) is 54.9 Å². The van der Waals surface area contributed by atoms with E-state index in [0.29, 0.717) is 17.5 Å². The van der Waals surface area contributed by atoms with Crippen LogP contribution in [0.15, 0.2) is 224 Å². The minimum atomic E-state index is 0.617. The lowest BCUT2D eigenvalue weighted by Crippen LogP contribution is -2.00. The number of benzene rings is 9. The predicted molar refractivity (Wildman–Crippen MR) is 260 cm³/mol. The molecule has 294 valence electrons. The van der Waals surface area contributed by atoms with Gasteiger partial charge in [0.2, 0.25) is 0 Å². The summed E-state index contributed by atoms with van der Waals surface area (Å²) in [6.45, 7) is 0. The topological polar surface area (TPSA) is 56.5 Å². The summed E-state index contributed by atoms with van der Waals surface area (Å²) in [5.41, 5.74) is 13.8. The third kappa shape index (κ3) is 6.42. The van der Waals surface area contributed by atoms with Crippen LogP contribution in [0.4, 0.5) is 0 Å². The molecule has 0 fully saturated rings. The second-order valence-electron chi connectivity index (χ2n) is 15.8. The van der Waals surface area contributed by atoms with E-state index in [9.17, 15) is 0 Å². The predicted octanol–water partition coefficient (Wildman–Crippen LogP) is 14.7. The lowest BCUT2D eigenvalue weighted by atomic mass is 9.91. The summed E-state index contributed by atoms with van der Waals surface area (Å²) in [6.07, 6.45) is 0. The molecule has 0 aliphatic heterocycles. The van der Waals surface area contributed by atoms with Crippen LogP contribution in [0, 0.1) is 0 Å². The summed E-state index contributed by atoms with van der Waals surface area (Å²) in [5.74, 6) is 1.87. The van der Waals surface area contributed by atoms with Crippen LogP contribution < -0.4 is 0 Å². The third-order valence-electron chi connectivity index (χ3n) is 12.1. The maximum atomic E-state index is 5.28. The first kappa shape index (κ1) is 36.3. The maximum Gasteiger partial charge on any atom is 0.164 e. The van der Waals surface area contributed by atoms with Gasteiger partial charge in [0.1, 0.15) is 0 Å². The second kappa shape index (κ2) is 15.2. The van der Waals surface area contributed by atoms with Crippen molar-refractivity contribution in [3.05, 3.63) is 224 Å². The van der Waals surface area contributed by atoms with E-state index in [-0.39, 0.29) is 0 Å². The van der Waals surface area contributed by atoms with Crippen molar-refractivity contribution in [3.63, 3.8) is 0 Å². The van der Waals surface area contributed by atoms with E-state index in [1.54, 1.807) is 0 Å². The van der Waals surface area contributed by atoms with Gasteiger partial charge in [0.25, 0.3) is 0 Å². The number of pyridine rings is 1. The van der Waals surface area contributed by atoms with E-state index < -0.39 is 0 Å². The lowest BCUT2D eigenvalue weighted by molar-refractivity contribution is 1.07. The highest BCUT2D eigenvalue weighted by Crippen LogP contribution is 2.40. The van der Waals surface area contributed by atoms with Crippen LogP contribution in [0.1, 0.15) is 0 Å². The first-order valence-electron chi connectivity index (χ1n) is 21.2. The summed E-state index contributed by atoms with van der Waals surface area (Å²) < 4.78 is 2.32. The third-order valence-corrected chi connectivity index (χ3v) is 12.1. The minimum absolute atomic E-state index is 0.617. The molecular formula is C58H37N5. The minimum Gasteiger partial charge on any atom is -0.309 e. The fourth-order valence-electron chi connectivity index (χ4n) is 9.03. The molecule has 3 aromatic heterocycles. The van der Waals surface area contributed by atoms with Gasteiger partial charge in [-0.2, -0.15) is 0 Å². The van der Waals surface area contributed by atoms with E-state index in [0.717, 1.165) is 61.1 Å². The summed E-state index contributed by atoms with van der Waals surface area (Å²) >= 11 is 0. The van der Waals surface area contributed by atoms with Crippen molar-refractivity contribution in [1.82, 2.24) is 24.5 Å². The highest BCUT2D eigenvalue weighted by atomic mass is 15.0. The molecule has 0 spiro atoms. The average molecular weight is 804 g/mol. The Morgan fingerprint density at radius 2 is 0.746 bits per heavy atom. The summed E-state index contributed by atoms with van der Waals surface area (Å²) in [4.78, 5) is 20.5. The van der Waals surface area contributed by atoms with Gasteiger partial charge in [-0.15, -0.1) is 0 Å². The SMILES string of the molecule is c1ccc(-c2nc(-c3ccc(-c4ccc5nc(-c6ccccc6)c6cccc(-c7ccccc7)c6c5c4)cc3)nc(-c3ccc(-n4c5ccccc5c5ccccc54)cc3)n2)cc1. The molecule has 5 heteroatoms. The quantitative estimate of drug-likeness (QED) is 0.151. The van der Waals surface area contributed by atoms with Gasteiger partial charge in [-0.25, -0.2) is 19.9 Å². The Hall–Kier alpha value is -8.54. The zero-order valence-electron chi connectivity index (χ0n) is 34.1. The molecule has 63 heavy (non-hydrogen) atoms. The number of hydrogen-bond acceptors (Lipinski definition) is 4. The van der Waals surface area contributed by atoms with Crippen LogP contribution in [0.5, 0.6) is 0 Å². The van der Waals surface area contributed by atoms with E-state index in [1.165, 1.54) is 38.3 Å². The average Bonchev–Trinajstić information content (AvgIpc) is 3.71. The summed E-state index contributed by atoms with van der Waals surface area (Å²) in [5, 5.41) is 5.91. The number of rotatable bonds is 7. The fraction of sp³-hybridized carbons (Fsp3) is 0. The standard InChI is InChI=1S/C58H37N5/c1-4-15-39(16-5-1)46-23-14-24-49-54(46)50-37-44(33-36-51(50)59-55(49)40-17-6-2-7-18-40)38-27-29-42(30-28-38)57-60-56(41-19-8-3-9-20-41)61-58(62-57)43-31-34-45(35-32-43)63-52-25-12-10-21-47(52)48-22-11-13-26-53(48)63/h1-37H. The molecule has 12 aromatic rings. The maximum absolute atomic E-state index is 5.28. The molecule has 0 N–H and O–H groups in total. The summed E-state index contributed by atoms with van der Waals surface area (Å²) in [6, 6.07) is 78.7. The van der Waals surface area contributed by atoms with Crippen LogP contribution in [0.25, 0.3) is 117 Å².